The molecular formula is C23H22BrClN2. The Morgan fingerprint density at radius 3 is 2.70 bits per heavy atom. The second kappa shape index (κ2) is 8.04. The van der Waals surface area contributed by atoms with Crippen LogP contribution in [0.4, 0.5) is 0 Å². The predicted molar refractivity (Wildman–Crippen MR) is 119 cm³/mol. The molecule has 3 aromatic carbocycles. The minimum atomic E-state index is 0.824. The second-order valence-corrected chi connectivity index (χ2v) is 8.17. The summed E-state index contributed by atoms with van der Waals surface area (Å²) in [5.41, 5.74) is 5.16. The molecule has 1 aliphatic heterocycles. The van der Waals surface area contributed by atoms with Crippen LogP contribution < -0.4 is 5.32 Å². The zero-order valence-electron chi connectivity index (χ0n) is 15.4. The summed E-state index contributed by atoms with van der Waals surface area (Å²) in [6.07, 6.45) is 2.90. The molecule has 4 heteroatoms. The molecule has 27 heavy (non-hydrogen) atoms. The van der Waals surface area contributed by atoms with E-state index in [4.69, 9.17) is 11.6 Å². The van der Waals surface area contributed by atoms with Crippen molar-refractivity contribution in [3.8, 4) is 0 Å². The molecule has 0 aliphatic carbocycles. The van der Waals surface area contributed by atoms with Gasteiger partial charge < -0.3 is 5.32 Å². The average Bonchev–Trinajstić information content (AvgIpc) is 3.21. The van der Waals surface area contributed by atoms with Gasteiger partial charge in [-0.15, -0.1) is 0 Å². The summed E-state index contributed by atoms with van der Waals surface area (Å²) in [6.45, 7) is 3.96. The molecule has 138 valence electrons. The number of hydrogen-bond acceptors (Lipinski definition) is 2. The van der Waals surface area contributed by atoms with Gasteiger partial charge in [0, 0.05) is 21.6 Å². The summed E-state index contributed by atoms with van der Waals surface area (Å²) in [7, 11) is 0. The number of benzene rings is 3. The zero-order valence-corrected chi connectivity index (χ0v) is 17.7. The summed E-state index contributed by atoms with van der Waals surface area (Å²) >= 11 is 10.2. The lowest BCUT2D eigenvalue weighted by molar-refractivity contribution is 0.934. The van der Waals surface area contributed by atoms with Crippen LogP contribution in [0.5, 0.6) is 0 Å². The number of amidine groups is 1. The molecule has 2 nitrogen and oxygen atoms in total. The van der Waals surface area contributed by atoms with Gasteiger partial charge in [0.15, 0.2) is 0 Å². The molecule has 1 N–H and O–H groups in total. The monoisotopic (exact) mass is 440 g/mol. The normalized spacial score (nSPS) is 13.7. The molecule has 1 heterocycles. The van der Waals surface area contributed by atoms with Crippen LogP contribution in [0.1, 0.15) is 29.2 Å². The fourth-order valence-electron chi connectivity index (χ4n) is 3.90. The maximum Gasteiger partial charge on any atom is 0.128 e. The van der Waals surface area contributed by atoms with Crippen molar-refractivity contribution in [2.24, 2.45) is 4.99 Å². The molecule has 4 rings (SSSR count). The summed E-state index contributed by atoms with van der Waals surface area (Å²) in [5.74, 6) is 0.977. The van der Waals surface area contributed by atoms with E-state index in [1.165, 1.54) is 27.5 Å². The van der Waals surface area contributed by atoms with Crippen molar-refractivity contribution in [2.45, 2.75) is 26.2 Å². The molecule has 0 spiro atoms. The quantitative estimate of drug-likeness (QED) is 0.519. The van der Waals surface area contributed by atoms with E-state index >= 15 is 0 Å². The number of rotatable bonds is 5. The van der Waals surface area contributed by atoms with Crippen LogP contribution in [0.2, 0.25) is 5.02 Å². The highest BCUT2D eigenvalue weighted by Crippen LogP contribution is 2.29. The Kier molecular flexibility index (Phi) is 5.51. The van der Waals surface area contributed by atoms with Gasteiger partial charge in [0.1, 0.15) is 5.84 Å². The number of halogens is 2. The van der Waals surface area contributed by atoms with E-state index in [1.54, 1.807) is 0 Å². The van der Waals surface area contributed by atoms with Crippen LogP contribution in [0.25, 0.3) is 10.8 Å². The smallest absolute Gasteiger partial charge is 0.128 e. The lowest BCUT2D eigenvalue weighted by atomic mass is 9.91. The summed E-state index contributed by atoms with van der Waals surface area (Å²) in [4.78, 5) is 4.60. The number of nitrogens with zero attached hydrogens (tertiary/aromatic N) is 1. The lowest BCUT2D eigenvalue weighted by Gasteiger charge is -2.15. The first kappa shape index (κ1) is 18.5. The van der Waals surface area contributed by atoms with Crippen molar-refractivity contribution >= 4 is 44.1 Å². The molecule has 0 bridgehead atoms. The summed E-state index contributed by atoms with van der Waals surface area (Å²) < 4.78 is 1.11. The minimum absolute atomic E-state index is 0.824. The highest BCUT2D eigenvalue weighted by atomic mass is 79.9. The third kappa shape index (κ3) is 3.76. The molecule has 0 unspecified atom stereocenters. The molecule has 0 atom stereocenters. The fraction of sp³-hybridized carbons (Fsp3) is 0.261. The maximum absolute atomic E-state index is 6.60. The Bertz CT molecular complexity index is 1030. The van der Waals surface area contributed by atoms with E-state index in [0.29, 0.717) is 0 Å². The van der Waals surface area contributed by atoms with Gasteiger partial charge in [-0.1, -0.05) is 64.8 Å². The van der Waals surface area contributed by atoms with Gasteiger partial charge >= 0.3 is 0 Å². The summed E-state index contributed by atoms with van der Waals surface area (Å²) in [6, 6.07) is 17.2. The average molecular weight is 442 g/mol. The first-order valence-electron chi connectivity index (χ1n) is 9.43. The molecule has 0 amide bonds. The van der Waals surface area contributed by atoms with Gasteiger partial charge in [0.05, 0.1) is 6.54 Å². The van der Waals surface area contributed by atoms with Crippen LogP contribution in [-0.4, -0.2) is 18.9 Å². The Hall–Kier alpha value is -1.84. The van der Waals surface area contributed by atoms with E-state index in [2.05, 4.69) is 69.6 Å². The van der Waals surface area contributed by atoms with Crippen molar-refractivity contribution < 1.29 is 0 Å². The second-order valence-electron chi connectivity index (χ2n) is 6.85. The predicted octanol–water partition coefficient (Wildman–Crippen LogP) is 5.95. The van der Waals surface area contributed by atoms with E-state index in [0.717, 1.165) is 53.2 Å². The Morgan fingerprint density at radius 1 is 1.07 bits per heavy atom. The number of hydrogen-bond donors (Lipinski definition) is 1. The molecule has 0 radical (unpaired) electrons. The van der Waals surface area contributed by atoms with Crippen LogP contribution in [0.15, 0.2) is 58.0 Å². The van der Waals surface area contributed by atoms with Crippen molar-refractivity contribution in [1.82, 2.24) is 5.32 Å². The van der Waals surface area contributed by atoms with Gasteiger partial charge in [0.2, 0.25) is 0 Å². The van der Waals surface area contributed by atoms with E-state index in [1.807, 2.05) is 12.1 Å². The van der Waals surface area contributed by atoms with Crippen molar-refractivity contribution in [1.29, 1.82) is 0 Å². The van der Waals surface area contributed by atoms with Crippen molar-refractivity contribution in [3.63, 3.8) is 0 Å². The topological polar surface area (TPSA) is 24.4 Å². The highest BCUT2D eigenvalue weighted by molar-refractivity contribution is 9.10. The number of fused-ring (bicyclic) bond motifs is 1. The number of aryl methyl sites for hydroxylation is 2. The minimum Gasteiger partial charge on any atom is -0.368 e. The fourth-order valence-corrected chi connectivity index (χ4v) is 4.55. The van der Waals surface area contributed by atoms with Crippen LogP contribution >= 0.6 is 27.5 Å². The zero-order chi connectivity index (χ0) is 18.8. The molecular weight excluding hydrogens is 420 g/mol. The Labute approximate surface area is 173 Å². The first-order chi connectivity index (χ1) is 13.2. The first-order valence-corrected chi connectivity index (χ1v) is 10.6. The Balaban J connectivity index is 1.72. The lowest BCUT2D eigenvalue weighted by Crippen LogP contribution is -2.21. The maximum atomic E-state index is 6.60. The molecule has 3 aromatic rings. The third-order valence-corrected chi connectivity index (χ3v) is 6.09. The van der Waals surface area contributed by atoms with E-state index < -0.39 is 0 Å². The molecule has 0 aromatic heterocycles. The van der Waals surface area contributed by atoms with E-state index in [9.17, 15) is 0 Å². The van der Waals surface area contributed by atoms with Gasteiger partial charge in [-0.3, -0.25) is 4.99 Å². The van der Waals surface area contributed by atoms with Gasteiger partial charge in [-0.05, 0) is 64.9 Å². The van der Waals surface area contributed by atoms with Gasteiger partial charge in [-0.25, -0.2) is 0 Å². The van der Waals surface area contributed by atoms with Gasteiger partial charge in [-0.2, -0.15) is 0 Å². The van der Waals surface area contributed by atoms with Crippen LogP contribution in [-0.2, 0) is 19.3 Å². The van der Waals surface area contributed by atoms with Crippen molar-refractivity contribution in [3.05, 3.63) is 80.3 Å². The molecule has 0 saturated carbocycles. The largest absolute Gasteiger partial charge is 0.368 e. The van der Waals surface area contributed by atoms with E-state index in [-0.39, 0.29) is 0 Å². The SMILES string of the molecule is CCc1ccc2cc(Br)ccc2c1CCc1c(Cl)cccc1C1=NCCN1. The van der Waals surface area contributed by atoms with Gasteiger partial charge in [0.25, 0.3) is 0 Å². The standard InChI is InChI=1S/C23H22BrClN2/c1-2-15-6-7-16-14-17(24)8-9-19(16)18(15)10-11-20-21(4-3-5-22(20)25)23-26-12-13-27-23/h3-9,14H,2,10-13H2,1H3,(H,26,27). The molecule has 0 saturated heterocycles. The van der Waals surface area contributed by atoms with Crippen molar-refractivity contribution in [2.75, 3.05) is 13.1 Å². The van der Waals surface area contributed by atoms with Crippen LogP contribution in [0, 0.1) is 0 Å². The summed E-state index contributed by atoms with van der Waals surface area (Å²) in [5, 5.41) is 6.82. The molecule has 1 aliphatic rings. The third-order valence-electron chi connectivity index (χ3n) is 5.24. The Morgan fingerprint density at radius 2 is 1.93 bits per heavy atom. The number of aliphatic imine (C=N–C) groups is 1. The highest BCUT2D eigenvalue weighted by Gasteiger charge is 2.16. The number of nitrogens with one attached hydrogen (secondary N) is 1. The van der Waals surface area contributed by atoms with Crippen LogP contribution in [0.3, 0.4) is 0 Å². The molecule has 0 fully saturated rings.